The molecule has 0 saturated heterocycles. The average molecular weight is 384 g/mol. The van der Waals surface area contributed by atoms with E-state index in [1.165, 1.54) is 12.1 Å². The van der Waals surface area contributed by atoms with Crippen LogP contribution >= 0.6 is 15.9 Å². The summed E-state index contributed by atoms with van der Waals surface area (Å²) in [5, 5.41) is 34.1. The number of aromatic nitrogens is 4. The lowest BCUT2D eigenvalue weighted by molar-refractivity contribution is -0.394. The number of amides is 1. The van der Waals surface area contributed by atoms with Crippen LogP contribution in [0, 0.1) is 10.1 Å². The summed E-state index contributed by atoms with van der Waals surface area (Å²) in [5.41, 5.74) is 2.68. The highest BCUT2D eigenvalue weighted by molar-refractivity contribution is 9.10. The van der Waals surface area contributed by atoms with Crippen LogP contribution < -0.4 is 5.43 Å². The Hall–Kier alpha value is -2.89. The molecule has 2 rings (SSSR count). The lowest BCUT2D eigenvalue weighted by Gasteiger charge is -2.04. The standard InChI is InChI=1S/C11H10BrN7O4/c1-6(5-18-16-11(15-17-18)19(22)23)13-14-10(21)8-4-7(12)2-3-9(8)20/h2-4,20H,5H2,1H3,(H,14,21)/b13-6-. The van der Waals surface area contributed by atoms with Gasteiger partial charge in [-0.15, -0.1) is 0 Å². The molecule has 2 aromatic rings. The summed E-state index contributed by atoms with van der Waals surface area (Å²) in [7, 11) is 0. The Morgan fingerprint density at radius 2 is 2.30 bits per heavy atom. The first-order valence-electron chi connectivity index (χ1n) is 6.11. The number of hydrazone groups is 1. The highest BCUT2D eigenvalue weighted by Gasteiger charge is 2.16. The third-order valence-electron chi connectivity index (χ3n) is 2.53. The van der Waals surface area contributed by atoms with Crippen molar-refractivity contribution in [3.63, 3.8) is 0 Å². The van der Waals surface area contributed by atoms with Gasteiger partial charge in [-0.05, 0) is 30.0 Å². The monoisotopic (exact) mass is 383 g/mol. The molecule has 1 heterocycles. The lowest BCUT2D eigenvalue weighted by Crippen LogP contribution is -2.21. The number of phenolic OH excluding ortho intramolecular Hbond substituents is 1. The summed E-state index contributed by atoms with van der Waals surface area (Å²) in [6, 6.07) is 4.40. The van der Waals surface area contributed by atoms with Crippen molar-refractivity contribution < 1.29 is 14.8 Å². The number of hydrogen-bond donors (Lipinski definition) is 2. The number of carbonyl (C=O) groups is 1. The first kappa shape index (κ1) is 16.5. The summed E-state index contributed by atoms with van der Waals surface area (Å²) < 4.78 is 0.625. The van der Waals surface area contributed by atoms with Crippen LogP contribution in [0.3, 0.4) is 0 Å². The molecular formula is C11H10BrN7O4. The quantitative estimate of drug-likeness (QED) is 0.441. The molecule has 0 fully saturated rings. The maximum Gasteiger partial charge on any atom is 0.514 e. The van der Waals surface area contributed by atoms with Crippen LogP contribution in [-0.4, -0.2) is 41.9 Å². The zero-order valence-corrected chi connectivity index (χ0v) is 13.3. The van der Waals surface area contributed by atoms with Crippen molar-refractivity contribution in [3.8, 4) is 5.75 Å². The highest BCUT2D eigenvalue weighted by Crippen LogP contribution is 2.21. The minimum Gasteiger partial charge on any atom is -0.507 e. The van der Waals surface area contributed by atoms with Gasteiger partial charge in [-0.25, -0.2) is 5.43 Å². The summed E-state index contributed by atoms with van der Waals surface area (Å²) >= 11 is 3.19. The molecule has 0 aliphatic heterocycles. The number of tetrazole rings is 1. The SMILES string of the molecule is C/C(Cn1nnc([N+](=O)[O-])n1)=N/NC(=O)c1cc(Br)ccc1O. The van der Waals surface area contributed by atoms with E-state index in [4.69, 9.17) is 0 Å². The average Bonchev–Trinajstić information content (AvgIpc) is 2.96. The molecule has 120 valence electrons. The Balaban J connectivity index is 2.02. The summed E-state index contributed by atoms with van der Waals surface area (Å²) in [6.45, 7) is 1.57. The topological polar surface area (TPSA) is 148 Å². The fraction of sp³-hybridized carbons (Fsp3) is 0.182. The van der Waals surface area contributed by atoms with E-state index in [0.717, 1.165) is 4.80 Å². The molecule has 2 N–H and O–H groups in total. The van der Waals surface area contributed by atoms with Crippen molar-refractivity contribution in [1.29, 1.82) is 0 Å². The fourth-order valence-electron chi connectivity index (χ4n) is 1.51. The Morgan fingerprint density at radius 3 is 2.96 bits per heavy atom. The predicted octanol–water partition coefficient (Wildman–Crippen LogP) is 0.855. The number of nitrogens with zero attached hydrogens (tertiary/aromatic N) is 6. The van der Waals surface area contributed by atoms with E-state index in [0.29, 0.717) is 10.2 Å². The first-order chi connectivity index (χ1) is 10.9. The molecule has 11 nitrogen and oxygen atoms in total. The molecule has 0 radical (unpaired) electrons. The number of carbonyl (C=O) groups excluding carboxylic acids is 1. The van der Waals surface area contributed by atoms with Crippen molar-refractivity contribution in [1.82, 2.24) is 25.6 Å². The molecule has 0 bridgehead atoms. The third-order valence-corrected chi connectivity index (χ3v) is 3.02. The Kier molecular flexibility index (Phi) is 4.95. The van der Waals surface area contributed by atoms with Crippen molar-refractivity contribution >= 4 is 33.5 Å². The van der Waals surface area contributed by atoms with Gasteiger partial charge in [-0.3, -0.25) is 4.79 Å². The second-order valence-corrected chi connectivity index (χ2v) is 5.24. The zero-order chi connectivity index (χ0) is 17.0. The molecule has 1 amide bonds. The normalized spacial score (nSPS) is 11.3. The van der Waals surface area contributed by atoms with Gasteiger partial charge in [0.2, 0.25) is 0 Å². The molecule has 0 aliphatic carbocycles. The number of nitro groups is 1. The van der Waals surface area contributed by atoms with E-state index in [1.807, 2.05) is 0 Å². The van der Waals surface area contributed by atoms with Crippen molar-refractivity contribution in [2.24, 2.45) is 5.10 Å². The largest absolute Gasteiger partial charge is 0.514 e. The summed E-state index contributed by atoms with van der Waals surface area (Å²) in [4.78, 5) is 22.6. The molecule has 1 aromatic heterocycles. The first-order valence-corrected chi connectivity index (χ1v) is 6.90. The van der Waals surface area contributed by atoms with Gasteiger partial charge in [-0.1, -0.05) is 20.7 Å². The molecule has 12 heteroatoms. The fourth-order valence-corrected chi connectivity index (χ4v) is 1.87. The summed E-state index contributed by atoms with van der Waals surface area (Å²) in [5.74, 6) is -1.42. The van der Waals surface area contributed by atoms with Crippen molar-refractivity contribution in [2.75, 3.05) is 0 Å². The molecule has 1 aromatic carbocycles. The van der Waals surface area contributed by atoms with Crippen LogP contribution in [0.1, 0.15) is 17.3 Å². The minimum absolute atomic E-state index is 0.00554. The highest BCUT2D eigenvalue weighted by atomic mass is 79.9. The van der Waals surface area contributed by atoms with Gasteiger partial charge in [0.1, 0.15) is 12.3 Å². The van der Waals surface area contributed by atoms with E-state index in [9.17, 15) is 20.0 Å². The molecule has 0 saturated carbocycles. The van der Waals surface area contributed by atoms with Gasteiger partial charge < -0.3 is 15.2 Å². The number of benzene rings is 1. The number of aromatic hydroxyl groups is 1. The van der Waals surface area contributed by atoms with E-state index < -0.39 is 16.8 Å². The van der Waals surface area contributed by atoms with Crippen LogP contribution in [0.15, 0.2) is 27.8 Å². The van der Waals surface area contributed by atoms with Gasteiger partial charge in [0.25, 0.3) is 5.91 Å². The van der Waals surface area contributed by atoms with E-state index in [2.05, 4.69) is 41.9 Å². The second-order valence-electron chi connectivity index (χ2n) is 4.33. The number of hydrogen-bond acceptors (Lipinski definition) is 8. The zero-order valence-electron chi connectivity index (χ0n) is 11.7. The molecule has 23 heavy (non-hydrogen) atoms. The maximum atomic E-state index is 11.9. The van der Waals surface area contributed by atoms with Crippen LogP contribution in [0.25, 0.3) is 0 Å². The number of phenols is 1. The number of halogens is 1. The van der Waals surface area contributed by atoms with Crippen LogP contribution in [-0.2, 0) is 6.54 Å². The second kappa shape index (κ2) is 6.91. The maximum absolute atomic E-state index is 11.9. The van der Waals surface area contributed by atoms with Gasteiger partial charge in [-0.2, -0.15) is 5.10 Å². The molecule has 0 atom stereocenters. The third kappa shape index (κ3) is 4.29. The lowest BCUT2D eigenvalue weighted by atomic mass is 10.2. The summed E-state index contributed by atoms with van der Waals surface area (Å²) in [6.07, 6.45) is 0. The van der Waals surface area contributed by atoms with Crippen LogP contribution in [0.5, 0.6) is 5.75 Å². The Bertz CT molecular complexity index is 788. The van der Waals surface area contributed by atoms with Gasteiger partial charge in [0.15, 0.2) is 0 Å². The van der Waals surface area contributed by atoms with Gasteiger partial charge in [0, 0.05) is 9.69 Å². The number of rotatable bonds is 5. The van der Waals surface area contributed by atoms with Gasteiger partial charge >= 0.3 is 5.95 Å². The minimum atomic E-state index is -0.770. The van der Waals surface area contributed by atoms with Crippen molar-refractivity contribution in [3.05, 3.63) is 38.3 Å². The van der Waals surface area contributed by atoms with Crippen LogP contribution in [0.4, 0.5) is 5.95 Å². The van der Waals surface area contributed by atoms with Gasteiger partial charge in [0.05, 0.1) is 21.5 Å². The van der Waals surface area contributed by atoms with E-state index in [-0.39, 0.29) is 17.9 Å². The van der Waals surface area contributed by atoms with Crippen LogP contribution in [0.2, 0.25) is 0 Å². The molecule has 0 aliphatic rings. The van der Waals surface area contributed by atoms with E-state index in [1.54, 1.807) is 13.0 Å². The molecular weight excluding hydrogens is 374 g/mol. The van der Waals surface area contributed by atoms with E-state index >= 15 is 0 Å². The Labute approximate surface area is 137 Å². The molecule has 0 spiro atoms. The molecule has 0 unspecified atom stereocenters. The Morgan fingerprint density at radius 1 is 1.57 bits per heavy atom. The predicted molar refractivity (Wildman–Crippen MR) is 80.9 cm³/mol. The van der Waals surface area contributed by atoms with Crippen molar-refractivity contribution in [2.45, 2.75) is 13.5 Å². The smallest absolute Gasteiger partial charge is 0.507 e. The number of nitrogens with one attached hydrogen (secondary N) is 1.